The summed E-state index contributed by atoms with van der Waals surface area (Å²) >= 11 is 0. The standard InChI is InChI=1S/C19H22N2O2.ClH/c1-23-18-9-8-16(12-17(18)20)21-19(22)11-13-6-7-14-4-2-3-5-15(14)10-13;/h6-10,12H,2-5,11,20H2,1H3,(H,21,22);1H. The third kappa shape index (κ3) is 4.20. The molecule has 0 fully saturated rings. The van der Waals surface area contributed by atoms with Crippen molar-refractivity contribution in [2.45, 2.75) is 32.1 Å². The summed E-state index contributed by atoms with van der Waals surface area (Å²) in [4.78, 5) is 12.2. The summed E-state index contributed by atoms with van der Waals surface area (Å²) in [5.74, 6) is 0.572. The van der Waals surface area contributed by atoms with Gasteiger partial charge in [-0.05, 0) is 60.6 Å². The third-order valence-electron chi connectivity index (χ3n) is 4.29. The van der Waals surface area contributed by atoms with Gasteiger partial charge >= 0.3 is 0 Å². The van der Waals surface area contributed by atoms with E-state index in [-0.39, 0.29) is 18.3 Å². The molecule has 0 atom stereocenters. The molecule has 0 saturated carbocycles. The topological polar surface area (TPSA) is 64.3 Å². The molecule has 24 heavy (non-hydrogen) atoms. The third-order valence-corrected chi connectivity index (χ3v) is 4.29. The van der Waals surface area contributed by atoms with Crippen molar-refractivity contribution in [2.24, 2.45) is 0 Å². The molecule has 0 saturated heterocycles. The molecule has 2 aromatic carbocycles. The first-order valence-electron chi connectivity index (χ1n) is 8.00. The molecule has 0 spiro atoms. The summed E-state index contributed by atoms with van der Waals surface area (Å²) in [6, 6.07) is 11.7. The summed E-state index contributed by atoms with van der Waals surface area (Å²) in [6.45, 7) is 0. The molecule has 5 heteroatoms. The van der Waals surface area contributed by atoms with Gasteiger partial charge in [-0.3, -0.25) is 4.79 Å². The van der Waals surface area contributed by atoms with Crippen molar-refractivity contribution in [2.75, 3.05) is 18.2 Å². The van der Waals surface area contributed by atoms with Gasteiger partial charge in [0, 0.05) is 5.69 Å². The molecule has 0 heterocycles. The average Bonchev–Trinajstić information content (AvgIpc) is 2.55. The molecule has 1 amide bonds. The second-order valence-corrected chi connectivity index (χ2v) is 5.99. The molecular weight excluding hydrogens is 324 g/mol. The lowest BCUT2D eigenvalue weighted by molar-refractivity contribution is -0.115. The summed E-state index contributed by atoms with van der Waals surface area (Å²) in [5.41, 5.74) is 11.0. The second-order valence-electron chi connectivity index (χ2n) is 5.99. The fourth-order valence-corrected chi connectivity index (χ4v) is 3.10. The van der Waals surface area contributed by atoms with Crippen LogP contribution in [0.25, 0.3) is 0 Å². The maximum atomic E-state index is 12.2. The van der Waals surface area contributed by atoms with Crippen LogP contribution in [0.2, 0.25) is 0 Å². The molecule has 128 valence electrons. The van der Waals surface area contributed by atoms with Gasteiger partial charge in [-0.25, -0.2) is 0 Å². The molecule has 0 unspecified atom stereocenters. The number of rotatable bonds is 4. The summed E-state index contributed by atoms with van der Waals surface area (Å²) < 4.78 is 5.12. The number of aryl methyl sites for hydroxylation is 2. The maximum absolute atomic E-state index is 12.2. The molecule has 1 aliphatic rings. The number of nitrogens with one attached hydrogen (secondary N) is 1. The van der Waals surface area contributed by atoms with E-state index in [0.29, 0.717) is 23.5 Å². The van der Waals surface area contributed by atoms with Crippen LogP contribution in [0.15, 0.2) is 36.4 Å². The number of halogens is 1. The number of ether oxygens (including phenoxy) is 1. The van der Waals surface area contributed by atoms with E-state index in [4.69, 9.17) is 10.5 Å². The van der Waals surface area contributed by atoms with E-state index in [1.54, 1.807) is 25.3 Å². The number of hydrogen-bond acceptors (Lipinski definition) is 3. The van der Waals surface area contributed by atoms with Crippen LogP contribution < -0.4 is 15.8 Å². The van der Waals surface area contributed by atoms with E-state index < -0.39 is 0 Å². The van der Waals surface area contributed by atoms with E-state index in [2.05, 4.69) is 23.5 Å². The lowest BCUT2D eigenvalue weighted by atomic mass is 9.90. The SMILES string of the molecule is COc1ccc(NC(=O)Cc2ccc3c(c2)CCCC3)cc1N.Cl. The normalized spacial score (nSPS) is 12.7. The van der Waals surface area contributed by atoms with Crippen molar-refractivity contribution in [1.29, 1.82) is 0 Å². The number of hydrogen-bond donors (Lipinski definition) is 2. The number of anilines is 2. The molecule has 0 bridgehead atoms. The Hall–Kier alpha value is -2.20. The molecule has 4 nitrogen and oxygen atoms in total. The highest BCUT2D eigenvalue weighted by Gasteiger charge is 2.11. The number of benzene rings is 2. The van der Waals surface area contributed by atoms with E-state index in [9.17, 15) is 4.79 Å². The summed E-state index contributed by atoms with van der Waals surface area (Å²) in [5, 5.41) is 2.89. The van der Waals surface area contributed by atoms with Crippen LogP contribution in [0.1, 0.15) is 29.5 Å². The van der Waals surface area contributed by atoms with Crippen molar-refractivity contribution in [1.82, 2.24) is 0 Å². The van der Waals surface area contributed by atoms with Crippen LogP contribution >= 0.6 is 12.4 Å². The van der Waals surface area contributed by atoms with Crippen LogP contribution in [0.5, 0.6) is 5.75 Å². The van der Waals surface area contributed by atoms with Gasteiger partial charge in [0.25, 0.3) is 0 Å². The van der Waals surface area contributed by atoms with E-state index in [1.165, 1.54) is 24.0 Å². The number of carbonyl (C=O) groups excluding carboxylic acids is 1. The smallest absolute Gasteiger partial charge is 0.228 e. The van der Waals surface area contributed by atoms with Gasteiger partial charge in [-0.1, -0.05) is 18.2 Å². The summed E-state index contributed by atoms with van der Waals surface area (Å²) in [6.07, 6.45) is 5.17. The second kappa shape index (κ2) is 8.06. The van der Waals surface area contributed by atoms with Crippen LogP contribution in [-0.4, -0.2) is 13.0 Å². The highest BCUT2D eigenvalue weighted by molar-refractivity contribution is 5.93. The molecule has 3 rings (SSSR count). The summed E-state index contributed by atoms with van der Waals surface area (Å²) in [7, 11) is 1.57. The van der Waals surface area contributed by atoms with Crippen LogP contribution in [0.4, 0.5) is 11.4 Å². The predicted octanol–water partition coefficient (Wildman–Crippen LogP) is 3.76. The zero-order chi connectivity index (χ0) is 16.2. The largest absolute Gasteiger partial charge is 0.495 e. The van der Waals surface area contributed by atoms with Crippen LogP contribution in [-0.2, 0) is 24.1 Å². The van der Waals surface area contributed by atoms with Gasteiger partial charge in [0.05, 0.1) is 19.2 Å². The fraction of sp³-hybridized carbons (Fsp3) is 0.316. The Morgan fingerprint density at radius 1 is 1.12 bits per heavy atom. The molecular formula is C19H23ClN2O2. The molecule has 3 N–H and O–H groups in total. The Kier molecular flexibility index (Phi) is 6.10. The Balaban J connectivity index is 0.00000208. The first kappa shape index (κ1) is 18.1. The number of carbonyl (C=O) groups is 1. The zero-order valence-electron chi connectivity index (χ0n) is 13.8. The fourth-order valence-electron chi connectivity index (χ4n) is 3.10. The quantitative estimate of drug-likeness (QED) is 0.828. The van der Waals surface area contributed by atoms with E-state index in [0.717, 1.165) is 18.4 Å². The minimum Gasteiger partial charge on any atom is -0.495 e. The first-order valence-corrected chi connectivity index (χ1v) is 8.00. The highest BCUT2D eigenvalue weighted by Crippen LogP contribution is 2.25. The molecule has 0 radical (unpaired) electrons. The van der Waals surface area contributed by atoms with E-state index >= 15 is 0 Å². The number of nitrogens with two attached hydrogens (primary N) is 1. The zero-order valence-corrected chi connectivity index (χ0v) is 14.6. The molecule has 1 aliphatic carbocycles. The van der Waals surface area contributed by atoms with Crippen molar-refractivity contribution in [3.8, 4) is 5.75 Å². The van der Waals surface area contributed by atoms with Crippen molar-refractivity contribution in [3.05, 3.63) is 53.1 Å². The Labute approximate surface area is 148 Å². The van der Waals surface area contributed by atoms with Crippen LogP contribution in [0.3, 0.4) is 0 Å². The van der Waals surface area contributed by atoms with Gasteiger partial charge < -0.3 is 15.8 Å². The predicted molar refractivity (Wildman–Crippen MR) is 100 cm³/mol. The monoisotopic (exact) mass is 346 g/mol. The van der Waals surface area contributed by atoms with Gasteiger partial charge in [-0.15, -0.1) is 12.4 Å². The van der Waals surface area contributed by atoms with Crippen LogP contribution in [0, 0.1) is 0 Å². The number of fused-ring (bicyclic) bond motifs is 1. The molecule has 0 aromatic heterocycles. The van der Waals surface area contributed by atoms with Crippen molar-refractivity contribution < 1.29 is 9.53 Å². The lowest BCUT2D eigenvalue weighted by Crippen LogP contribution is -2.15. The number of nitrogen functional groups attached to an aromatic ring is 1. The average molecular weight is 347 g/mol. The molecule has 2 aromatic rings. The number of amides is 1. The van der Waals surface area contributed by atoms with Gasteiger partial charge in [0.1, 0.15) is 5.75 Å². The Bertz CT molecular complexity index is 731. The lowest BCUT2D eigenvalue weighted by Gasteiger charge is -2.16. The number of methoxy groups -OCH3 is 1. The first-order chi connectivity index (χ1) is 11.2. The Morgan fingerprint density at radius 2 is 1.88 bits per heavy atom. The minimum absolute atomic E-state index is 0. The maximum Gasteiger partial charge on any atom is 0.228 e. The van der Waals surface area contributed by atoms with Gasteiger partial charge in [0.15, 0.2) is 0 Å². The molecule has 0 aliphatic heterocycles. The van der Waals surface area contributed by atoms with Crippen molar-refractivity contribution >= 4 is 29.7 Å². The Morgan fingerprint density at radius 3 is 2.58 bits per heavy atom. The van der Waals surface area contributed by atoms with Crippen molar-refractivity contribution in [3.63, 3.8) is 0 Å². The minimum atomic E-state index is -0.0367. The van der Waals surface area contributed by atoms with Gasteiger partial charge in [0.2, 0.25) is 5.91 Å². The van der Waals surface area contributed by atoms with Gasteiger partial charge in [-0.2, -0.15) is 0 Å². The highest BCUT2D eigenvalue weighted by atomic mass is 35.5. The van der Waals surface area contributed by atoms with E-state index in [1.807, 2.05) is 0 Å².